The van der Waals surface area contributed by atoms with Gasteiger partial charge in [-0.05, 0) is 0 Å². The average molecular weight is 267 g/mol. The SMILES string of the molecule is O=[N+]([O-])c1cc(C(O)C(O)CCl)cnc1Cl. The van der Waals surface area contributed by atoms with Gasteiger partial charge in [0.15, 0.2) is 0 Å². The zero-order chi connectivity index (χ0) is 12.3. The zero-order valence-corrected chi connectivity index (χ0v) is 9.39. The Morgan fingerprint density at radius 3 is 2.69 bits per heavy atom. The van der Waals surface area contributed by atoms with Crippen LogP contribution in [0.2, 0.25) is 5.15 Å². The normalized spacial score (nSPS) is 14.5. The fourth-order valence-electron chi connectivity index (χ4n) is 1.05. The minimum Gasteiger partial charge on any atom is -0.389 e. The van der Waals surface area contributed by atoms with Gasteiger partial charge in [0.2, 0.25) is 5.15 Å². The molecule has 0 amide bonds. The molecular formula is C8H8Cl2N2O4. The predicted octanol–water partition coefficient (Wildman–Crippen LogP) is 1.28. The summed E-state index contributed by atoms with van der Waals surface area (Å²) in [6.45, 7) is 0. The van der Waals surface area contributed by atoms with Crippen LogP contribution in [0.3, 0.4) is 0 Å². The van der Waals surface area contributed by atoms with Gasteiger partial charge in [0, 0.05) is 17.8 Å². The van der Waals surface area contributed by atoms with E-state index in [4.69, 9.17) is 23.2 Å². The van der Waals surface area contributed by atoms with Crippen molar-refractivity contribution in [1.82, 2.24) is 4.98 Å². The van der Waals surface area contributed by atoms with Crippen molar-refractivity contribution in [3.05, 3.63) is 33.1 Å². The third-order valence-corrected chi connectivity index (χ3v) is 2.51. The highest BCUT2D eigenvalue weighted by atomic mass is 35.5. The minimum atomic E-state index is -1.33. The summed E-state index contributed by atoms with van der Waals surface area (Å²) in [6.07, 6.45) is -1.40. The summed E-state index contributed by atoms with van der Waals surface area (Å²) in [4.78, 5) is 13.4. The van der Waals surface area contributed by atoms with E-state index >= 15 is 0 Å². The molecule has 2 atom stereocenters. The second kappa shape index (κ2) is 5.40. The number of aliphatic hydroxyl groups is 2. The number of pyridine rings is 1. The highest BCUT2D eigenvalue weighted by molar-refractivity contribution is 6.31. The molecule has 0 saturated carbocycles. The first-order chi connectivity index (χ1) is 7.47. The number of nitrogens with zero attached hydrogens (tertiary/aromatic N) is 2. The molecule has 0 bridgehead atoms. The minimum absolute atomic E-state index is 0.0873. The van der Waals surface area contributed by atoms with E-state index in [-0.39, 0.29) is 16.6 Å². The number of nitro groups is 1. The van der Waals surface area contributed by atoms with E-state index < -0.39 is 22.8 Å². The molecule has 8 heteroatoms. The number of halogens is 2. The first-order valence-electron chi connectivity index (χ1n) is 4.19. The molecule has 16 heavy (non-hydrogen) atoms. The molecule has 88 valence electrons. The van der Waals surface area contributed by atoms with E-state index in [1.165, 1.54) is 0 Å². The summed E-state index contributed by atoms with van der Waals surface area (Å²) in [6, 6.07) is 1.05. The van der Waals surface area contributed by atoms with Crippen LogP contribution in [-0.4, -0.2) is 32.1 Å². The monoisotopic (exact) mass is 266 g/mol. The standard InChI is InChI=1S/C8H8Cl2N2O4/c9-2-6(13)7(14)4-1-5(12(15)16)8(10)11-3-4/h1,3,6-7,13-14H,2H2. The molecule has 0 saturated heterocycles. The summed E-state index contributed by atoms with van der Waals surface area (Å²) in [7, 11) is 0. The Balaban J connectivity index is 3.07. The summed E-state index contributed by atoms with van der Waals surface area (Å²) < 4.78 is 0. The predicted molar refractivity (Wildman–Crippen MR) is 57.6 cm³/mol. The first kappa shape index (κ1) is 13.1. The molecule has 6 nitrogen and oxygen atoms in total. The molecule has 1 aromatic heterocycles. The Labute approximate surface area is 101 Å². The number of aromatic nitrogens is 1. The van der Waals surface area contributed by atoms with Crippen molar-refractivity contribution in [2.24, 2.45) is 0 Å². The quantitative estimate of drug-likeness (QED) is 0.370. The second-order valence-corrected chi connectivity index (χ2v) is 3.67. The maximum Gasteiger partial charge on any atom is 0.306 e. The van der Waals surface area contributed by atoms with Gasteiger partial charge in [0.1, 0.15) is 6.10 Å². The van der Waals surface area contributed by atoms with E-state index in [0.717, 1.165) is 12.3 Å². The van der Waals surface area contributed by atoms with Crippen LogP contribution in [0.15, 0.2) is 12.3 Å². The maximum atomic E-state index is 10.5. The third-order valence-electron chi connectivity index (χ3n) is 1.90. The molecule has 0 radical (unpaired) electrons. The Morgan fingerprint density at radius 2 is 2.19 bits per heavy atom. The van der Waals surface area contributed by atoms with Gasteiger partial charge in [-0.1, -0.05) is 11.6 Å². The number of hydrogen-bond acceptors (Lipinski definition) is 5. The molecule has 0 aliphatic carbocycles. The molecule has 1 rings (SSSR count). The molecule has 2 N–H and O–H groups in total. The lowest BCUT2D eigenvalue weighted by atomic mass is 10.1. The van der Waals surface area contributed by atoms with E-state index in [2.05, 4.69) is 4.98 Å². The lowest BCUT2D eigenvalue weighted by Gasteiger charge is -2.14. The van der Waals surface area contributed by atoms with Gasteiger partial charge in [0.25, 0.3) is 0 Å². The van der Waals surface area contributed by atoms with E-state index in [1.807, 2.05) is 0 Å². The lowest BCUT2D eigenvalue weighted by Crippen LogP contribution is -2.20. The van der Waals surface area contributed by atoms with E-state index in [0.29, 0.717) is 0 Å². The smallest absolute Gasteiger partial charge is 0.306 e. The van der Waals surface area contributed by atoms with Crippen molar-refractivity contribution in [2.75, 3.05) is 5.88 Å². The van der Waals surface area contributed by atoms with Crippen LogP contribution in [-0.2, 0) is 0 Å². The molecule has 0 spiro atoms. The lowest BCUT2D eigenvalue weighted by molar-refractivity contribution is -0.385. The van der Waals surface area contributed by atoms with Crippen LogP contribution in [0.4, 0.5) is 5.69 Å². The molecule has 0 fully saturated rings. The van der Waals surface area contributed by atoms with Crippen LogP contribution >= 0.6 is 23.2 Å². The number of rotatable bonds is 4. The largest absolute Gasteiger partial charge is 0.389 e. The second-order valence-electron chi connectivity index (χ2n) is 3.00. The van der Waals surface area contributed by atoms with Gasteiger partial charge >= 0.3 is 5.69 Å². The van der Waals surface area contributed by atoms with Crippen LogP contribution in [0, 0.1) is 10.1 Å². The van der Waals surface area contributed by atoms with Crippen LogP contribution in [0.5, 0.6) is 0 Å². The van der Waals surface area contributed by atoms with Crippen LogP contribution in [0.1, 0.15) is 11.7 Å². The van der Waals surface area contributed by atoms with Crippen molar-refractivity contribution < 1.29 is 15.1 Å². The summed E-state index contributed by atoms with van der Waals surface area (Å²) in [5, 5.41) is 29.1. The molecular weight excluding hydrogens is 259 g/mol. The van der Waals surface area contributed by atoms with Gasteiger partial charge in [-0.15, -0.1) is 11.6 Å². The molecule has 0 aliphatic rings. The van der Waals surface area contributed by atoms with Crippen LogP contribution < -0.4 is 0 Å². The molecule has 1 heterocycles. The molecule has 1 aromatic rings. The average Bonchev–Trinajstić information content (AvgIpc) is 2.27. The Hall–Kier alpha value is -0.950. The number of aliphatic hydroxyl groups excluding tert-OH is 2. The van der Waals surface area contributed by atoms with Gasteiger partial charge in [-0.3, -0.25) is 10.1 Å². The van der Waals surface area contributed by atoms with Crippen molar-refractivity contribution in [2.45, 2.75) is 12.2 Å². The van der Waals surface area contributed by atoms with Gasteiger partial charge in [-0.25, -0.2) is 4.98 Å². The summed E-state index contributed by atoms with van der Waals surface area (Å²) in [5.74, 6) is -0.197. The third kappa shape index (κ3) is 2.79. The first-order valence-corrected chi connectivity index (χ1v) is 5.10. The van der Waals surface area contributed by atoms with Crippen molar-refractivity contribution >= 4 is 28.9 Å². The Morgan fingerprint density at radius 1 is 1.56 bits per heavy atom. The van der Waals surface area contributed by atoms with Crippen molar-refractivity contribution in [3.63, 3.8) is 0 Å². The molecule has 2 unspecified atom stereocenters. The summed E-state index contributed by atoms with van der Waals surface area (Å²) >= 11 is 10.8. The van der Waals surface area contributed by atoms with E-state index in [1.54, 1.807) is 0 Å². The highest BCUT2D eigenvalue weighted by Gasteiger charge is 2.22. The highest BCUT2D eigenvalue weighted by Crippen LogP contribution is 2.26. The fraction of sp³-hybridized carbons (Fsp3) is 0.375. The Kier molecular flexibility index (Phi) is 4.43. The molecule has 0 aliphatic heterocycles. The summed E-state index contributed by atoms with van der Waals surface area (Å²) in [5.41, 5.74) is -0.343. The van der Waals surface area contributed by atoms with Gasteiger partial charge in [-0.2, -0.15) is 0 Å². The topological polar surface area (TPSA) is 96.5 Å². The van der Waals surface area contributed by atoms with Crippen LogP contribution in [0.25, 0.3) is 0 Å². The van der Waals surface area contributed by atoms with Crippen molar-refractivity contribution in [3.8, 4) is 0 Å². The fourth-order valence-corrected chi connectivity index (χ4v) is 1.39. The number of hydrogen-bond donors (Lipinski definition) is 2. The van der Waals surface area contributed by atoms with Crippen molar-refractivity contribution in [1.29, 1.82) is 0 Å². The zero-order valence-electron chi connectivity index (χ0n) is 7.88. The van der Waals surface area contributed by atoms with E-state index in [9.17, 15) is 20.3 Å². The van der Waals surface area contributed by atoms with Gasteiger partial charge in [0.05, 0.1) is 16.9 Å². The van der Waals surface area contributed by atoms with Gasteiger partial charge < -0.3 is 10.2 Å². The maximum absolute atomic E-state index is 10.5. The molecule has 0 aromatic carbocycles. The number of alkyl halides is 1. The Bertz CT molecular complexity index is 402.